The van der Waals surface area contributed by atoms with E-state index in [2.05, 4.69) is 44.5 Å². The highest BCUT2D eigenvalue weighted by molar-refractivity contribution is 5.84. The van der Waals surface area contributed by atoms with Crippen LogP contribution in [0.3, 0.4) is 0 Å². The number of imidazole rings is 1. The van der Waals surface area contributed by atoms with Gasteiger partial charge in [-0.1, -0.05) is 25.9 Å². The fourth-order valence-corrected chi connectivity index (χ4v) is 4.74. The molecule has 16 heteroatoms. The van der Waals surface area contributed by atoms with E-state index in [1.54, 1.807) is 10.9 Å². The first kappa shape index (κ1) is 30.5. The van der Waals surface area contributed by atoms with Crippen LogP contribution in [0.4, 0.5) is 11.8 Å². The summed E-state index contributed by atoms with van der Waals surface area (Å²) in [6.45, 7) is 10.7. The van der Waals surface area contributed by atoms with Crippen LogP contribution >= 0.6 is 0 Å². The number of morpholine rings is 1. The van der Waals surface area contributed by atoms with Crippen LogP contribution in [-0.2, 0) is 20.7 Å². The van der Waals surface area contributed by atoms with Gasteiger partial charge in [-0.2, -0.15) is 15.0 Å². The number of aryl methyl sites for hydroxylation is 1. The summed E-state index contributed by atoms with van der Waals surface area (Å²) >= 11 is 0. The number of fused-ring (bicyclic) bond motifs is 1. The Kier molecular flexibility index (Phi) is 10.8. The number of nitrogens with zero attached hydrogens (tertiary/aromatic N) is 7. The van der Waals surface area contributed by atoms with Crippen LogP contribution in [0.25, 0.3) is 11.2 Å². The number of nitrogens with one attached hydrogen (secondary N) is 2. The number of ether oxygens (including phenoxy) is 2. The largest absolute Gasteiger partial charge is 0.483 e. The standard InChI is InChI=1S/C24H37N9O5.CH2O2/c1-4-14(5-2)27-20-16-21(30-24(29-20)25-7-8-32-9-11-36-12-10-32)33(13-26-16)23-18(35)17(34)19(37-23)22-28-15(6-3)31-38-22;2-1-3/h13-14,17-19,23,34-35H,4-12H2,1-3H3,(H2,25,27,29,30);1H,(H,2,3)/t17-,18+,19-,23+;/m0./s1. The van der Waals surface area contributed by atoms with Gasteiger partial charge < -0.3 is 39.9 Å². The number of hydrogen-bond donors (Lipinski definition) is 5. The molecule has 2 aliphatic heterocycles. The second-order valence-corrected chi connectivity index (χ2v) is 9.69. The third kappa shape index (κ3) is 7.08. The van der Waals surface area contributed by atoms with Crippen molar-refractivity contribution in [2.45, 2.75) is 70.6 Å². The molecule has 0 amide bonds. The molecule has 3 aromatic heterocycles. The summed E-state index contributed by atoms with van der Waals surface area (Å²) in [5.41, 5.74) is 1.02. The lowest BCUT2D eigenvalue weighted by molar-refractivity contribution is -0.122. The van der Waals surface area contributed by atoms with Gasteiger partial charge in [0, 0.05) is 38.6 Å². The monoisotopic (exact) mass is 577 g/mol. The van der Waals surface area contributed by atoms with Gasteiger partial charge in [-0.05, 0) is 12.8 Å². The predicted molar refractivity (Wildman–Crippen MR) is 146 cm³/mol. The summed E-state index contributed by atoms with van der Waals surface area (Å²) in [4.78, 5) is 29.0. The maximum atomic E-state index is 10.9. The molecule has 16 nitrogen and oxygen atoms in total. The van der Waals surface area contributed by atoms with Crippen LogP contribution in [0.15, 0.2) is 10.9 Å². The molecule has 0 bridgehead atoms. The Hall–Kier alpha value is -3.44. The van der Waals surface area contributed by atoms with Crippen molar-refractivity contribution in [3.8, 4) is 0 Å². The van der Waals surface area contributed by atoms with E-state index in [1.807, 2.05) is 6.92 Å². The quantitative estimate of drug-likeness (QED) is 0.200. The number of hydrogen-bond acceptors (Lipinski definition) is 14. The Morgan fingerprint density at radius 3 is 2.51 bits per heavy atom. The van der Waals surface area contributed by atoms with E-state index in [-0.39, 0.29) is 18.4 Å². The van der Waals surface area contributed by atoms with E-state index in [9.17, 15) is 10.2 Å². The Balaban J connectivity index is 0.00000124. The zero-order valence-electron chi connectivity index (χ0n) is 23.5. The Morgan fingerprint density at radius 2 is 1.85 bits per heavy atom. The topological polar surface area (TPSA) is 206 Å². The Labute approximate surface area is 237 Å². The number of anilines is 2. The van der Waals surface area contributed by atoms with E-state index in [4.69, 9.17) is 33.9 Å². The van der Waals surface area contributed by atoms with Crippen molar-refractivity contribution in [1.82, 2.24) is 34.6 Å². The van der Waals surface area contributed by atoms with Gasteiger partial charge in [0.15, 0.2) is 35.1 Å². The summed E-state index contributed by atoms with van der Waals surface area (Å²) in [6, 6.07) is 0.212. The zero-order valence-corrected chi connectivity index (χ0v) is 23.5. The highest BCUT2D eigenvalue weighted by Gasteiger charge is 2.47. The Bertz CT molecular complexity index is 1250. The van der Waals surface area contributed by atoms with E-state index in [1.165, 1.54) is 0 Å². The van der Waals surface area contributed by atoms with Gasteiger partial charge in [0.1, 0.15) is 12.2 Å². The molecular weight excluding hydrogens is 538 g/mol. The molecule has 0 spiro atoms. The average Bonchev–Trinajstić information content (AvgIpc) is 3.71. The van der Waals surface area contributed by atoms with Gasteiger partial charge >= 0.3 is 0 Å². The molecular formula is C25H39N9O7. The highest BCUT2D eigenvalue weighted by Crippen LogP contribution is 2.39. The van der Waals surface area contributed by atoms with Crippen LogP contribution in [0.1, 0.15) is 57.7 Å². The van der Waals surface area contributed by atoms with Gasteiger partial charge in [0.05, 0.1) is 19.5 Å². The molecule has 3 aromatic rings. The van der Waals surface area contributed by atoms with Crippen LogP contribution in [0.5, 0.6) is 0 Å². The number of carboxylic acid groups (broad SMARTS) is 1. The SMILES string of the molecule is CCc1noc([C@H]2O[C@@H](n3cnc4c(NC(CC)CC)nc(NCCN5CCOCC5)nc43)[C@H](O)[C@@H]2O)n1.O=CO. The molecule has 226 valence electrons. The minimum atomic E-state index is -1.27. The van der Waals surface area contributed by atoms with Crippen molar-refractivity contribution in [1.29, 1.82) is 0 Å². The maximum absolute atomic E-state index is 10.9. The minimum Gasteiger partial charge on any atom is -0.483 e. The van der Waals surface area contributed by atoms with Gasteiger partial charge in [0.25, 0.3) is 12.4 Å². The van der Waals surface area contributed by atoms with Gasteiger partial charge in [-0.15, -0.1) is 0 Å². The molecule has 41 heavy (non-hydrogen) atoms. The van der Waals surface area contributed by atoms with Crippen molar-refractivity contribution in [3.63, 3.8) is 0 Å². The molecule has 2 saturated heterocycles. The number of aliphatic hydroxyl groups is 2. The summed E-state index contributed by atoms with van der Waals surface area (Å²) in [6.07, 6.45) is -0.507. The van der Waals surface area contributed by atoms with Gasteiger partial charge in [0.2, 0.25) is 5.95 Å². The molecule has 5 rings (SSSR count). The van der Waals surface area contributed by atoms with Crippen molar-refractivity contribution in [3.05, 3.63) is 18.0 Å². The fourth-order valence-electron chi connectivity index (χ4n) is 4.74. The van der Waals surface area contributed by atoms with Gasteiger partial charge in [-0.3, -0.25) is 14.3 Å². The molecule has 0 radical (unpaired) electrons. The summed E-state index contributed by atoms with van der Waals surface area (Å²) in [5, 5.41) is 39.3. The van der Waals surface area contributed by atoms with Crippen molar-refractivity contribution < 1.29 is 34.1 Å². The third-order valence-electron chi connectivity index (χ3n) is 7.12. The fraction of sp³-hybridized carbons (Fsp3) is 0.680. The molecule has 5 heterocycles. The summed E-state index contributed by atoms with van der Waals surface area (Å²) in [7, 11) is 0. The van der Waals surface area contributed by atoms with E-state index in [0.717, 1.165) is 45.7 Å². The number of carbonyl (C=O) groups is 1. The first-order valence-electron chi connectivity index (χ1n) is 13.9. The third-order valence-corrected chi connectivity index (χ3v) is 7.12. The van der Waals surface area contributed by atoms with E-state index >= 15 is 0 Å². The maximum Gasteiger partial charge on any atom is 0.290 e. The highest BCUT2D eigenvalue weighted by atomic mass is 16.6. The van der Waals surface area contributed by atoms with Gasteiger partial charge in [-0.25, -0.2) is 4.98 Å². The van der Waals surface area contributed by atoms with E-state index < -0.39 is 24.5 Å². The average molecular weight is 578 g/mol. The first-order chi connectivity index (χ1) is 19.9. The normalized spacial score (nSPS) is 23.0. The van der Waals surface area contributed by atoms with Crippen molar-refractivity contribution in [2.24, 2.45) is 0 Å². The number of aromatic nitrogens is 6. The lowest BCUT2D eigenvalue weighted by Gasteiger charge is -2.26. The predicted octanol–water partition coefficient (Wildman–Crippen LogP) is 0.809. The molecule has 0 aliphatic carbocycles. The molecule has 0 saturated carbocycles. The van der Waals surface area contributed by atoms with Crippen LogP contribution in [0.2, 0.25) is 0 Å². The van der Waals surface area contributed by atoms with Crippen molar-refractivity contribution >= 4 is 29.4 Å². The smallest absolute Gasteiger partial charge is 0.290 e. The molecule has 2 aliphatic rings. The Morgan fingerprint density at radius 1 is 1.12 bits per heavy atom. The number of rotatable bonds is 11. The minimum absolute atomic E-state index is 0.122. The van der Waals surface area contributed by atoms with Crippen LogP contribution < -0.4 is 10.6 Å². The summed E-state index contributed by atoms with van der Waals surface area (Å²) in [5.74, 6) is 1.66. The second-order valence-electron chi connectivity index (χ2n) is 9.69. The van der Waals surface area contributed by atoms with Crippen LogP contribution in [-0.4, -0.2) is 114 Å². The molecule has 2 fully saturated rings. The first-order valence-corrected chi connectivity index (χ1v) is 13.9. The molecule has 4 atom stereocenters. The zero-order chi connectivity index (χ0) is 29.4. The van der Waals surface area contributed by atoms with Crippen molar-refractivity contribution in [2.75, 3.05) is 50.0 Å². The van der Waals surface area contributed by atoms with Crippen LogP contribution in [0, 0.1) is 0 Å². The number of aliphatic hydroxyl groups excluding tert-OH is 2. The lowest BCUT2D eigenvalue weighted by Crippen LogP contribution is -2.39. The molecule has 0 aromatic carbocycles. The van der Waals surface area contributed by atoms with E-state index in [0.29, 0.717) is 41.7 Å². The lowest BCUT2D eigenvalue weighted by atomic mass is 10.1. The molecule has 5 N–H and O–H groups in total. The summed E-state index contributed by atoms with van der Waals surface area (Å²) < 4.78 is 18.4. The second kappa shape index (κ2) is 14.5. The molecule has 0 unspecified atom stereocenters.